The minimum Gasteiger partial charge on any atom is -0.472 e. The van der Waals surface area contributed by atoms with Gasteiger partial charge in [0.1, 0.15) is 6.26 Å². The van der Waals surface area contributed by atoms with E-state index in [1.807, 2.05) is 6.07 Å². The first-order valence-corrected chi connectivity index (χ1v) is 7.98. The molecule has 1 aliphatic rings. The standard InChI is InChI=1S/C16H23N3O2/c1-2-9-17-14-7-5-3-4-6-13(14)16-18-15(19-21-16)12-8-10-20-11-12/h8,10-11,13-14,17H,2-7,9H2,1H3. The van der Waals surface area contributed by atoms with Gasteiger partial charge < -0.3 is 14.3 Å². The lowest BCUT2D eigenvalue weighted by Gasteiger charge is -2.23. The van der Waals surface area contributed by atoms with Gasteiger partial charge in [-0.05, 0) is 31.9 Å². The van der Waals surface area contributed by atoms with Gasteiger partial charge in [-0.15, -0.1) is 0 Å². The molecule has 0 saturated heterocycles. The molecule has 0 aromatic carbocycles. The molecule has 1 fully saturated rings. The third-order valence-electron chi connectivity index (χ3n) is 4.21. The fourth-order valence-corrected chi connectivity index (χ4v) is 3.07. The summed E-state index contributed by atoms with van der Waals surface area (Å²) in [6.07, 6.45) is 10.5. The van der Waals surface area contributed by atoms with E-state index in [-0.39, 0.29) is 0 Å². The monoisotopic (exact) mass is 289 g/mol. The Morgan fingerprint density at radius 3 is 3.00 bits per heavy atom. The second kappa shape index (κ2) is 6.89. The predicted octanol–water partition coefficient (Wildman–Crippen LogP) is 3.75. The molecule has 0 aliphatic heterocycles. The summed E-state index contributed by atoms with van der Waals surface area (Å²) in [5.41, 5.74) is 0.872. The molecule has 2 heterocycles. The van der Waals surface area contributed by atoms with Crippen molar-refractivity contribution >= 4 is 0 Å². The van der Waals surface area contributed by atoms with Gasteiger partial charge in [-0.3, -0.25) is 0 Å². The van der Waals surface area contributed by atoms with Crippen LogP contribution >= 0.6 is 0 Å². The third kappa shape index (κ3) is 3.35. The van der Waals surface area contributed by atoms with Crippen molar-refractivity contribution in [3.8, 4) is 11.4 Å². The zero-order chi connectivity index (χ0) is 14.5. The van der Waals surface area contributed by atoms with E-state index in [1.54, 1.807) is 12.5 Å². The largest absolute Gasteiger partial charge is 0.472 e. The lowest BCUT2D eigenvalue weighted by atomic mass is 9.94. The molecular weight excluding hydrogens is 266 g/mol. The molecule has 2 atom stereocenters. The van der Waals surface area contributed by atoms with Crippen molar-refractivity contribution in [3.05, 3.63) is 24.5 Å². The summed E-state index contributed by atoms with van der Waals surface area (Å²) < 4.78 is 10.6. The van der Waals surface area contributed by atoms with Crippen LogP contribution in [0.5, 0.6) is 0 Å². The predicted molar refractivity (Wildman–Crippen MR) is 79.9 cm³/mol. The van der Waals surface area contributed by atoms with Crippen LogP contribution in [0, 0.1) is 0 Å². The fourth-order valence-electron chi connectivity index (χ4n) is 3.07. The summed E-state index contributed by atoms with van der Waals surface area (Å²) in [6, 6.07) is 2.30. The van der Waals surface area contributed by atoms with Crippen LogP contribution in [0.25, 0.3) is 11.4 Å². The SMILES string of the molecule is CCCNC1CCCCCC1c1nc(-c2ccoc2)no1. The molecule has 0 bridgehead atoms. The van der Waals surface area contributed by atoms with E-state index in [0.717, 1.165) is 30.8 Å². The Bertz CT molecular complexity index is 535. The maximum Gasteiger partial charge on any atom is 0.231 e. The molecule has 5 nitrogen and oxygen atoms in total. The quantitative estimate of drug-likeness (QED) is 0.849. The molecule has 0 radical (unpaired) electrons. The van der Waals surface area contributed by atoms with Crippen LogP contribution in [-0.4, -0.2) is 22.7 Å². The highest BCUT2D eigenvalue weighted by molar-refractivity contribution is 5.51. The van der Waals surface area contributed by atoms with Crippen molar-refractivity contribution in [1.29, 1.82) is 0 Å². The Labute approximate surface area is 125 Å². The summed E-state index contributed by atoms with van der Waals surface area (Å²) in [4.78, 5) is 4.60. The number of nitrogens with one attached hydrogen (secondary N) is 1. The highest BCUT2D eigenvalue weighted by Crippen LogP contribution is 2.32. The molecule has 1 N–H and O–H groups in total. The zero-order valence-corrected chi connectivity index (χ0v) is 12.5. The van der Waals surface area contributed by atoms with Gasteiger partial charge in [0.05, 0.1) is 17.7 Å². The van der Waals surface area contributed by atoms with Crippen LogP contribution in [0.3, 0.4) is 0 Å². The summed E-state index contributed by atoms with van der Waals surface area (Å²) in [7, 11) is 0. The van der Waals surface area contributed by atoms with Crippen molar-refractivity contribution in [1.82, 2.24) is 15.5 Å². The normalized spacial score (nSPS) is 23.1. The van der Waals surface area contributed by atoms with Crippen molar-refractivity contribution in [3.63, 3.8) is 0 Å². The van der Waals surface area contributed by atoms with Gasteiger partial charge in [-0.1, -0.05) is 31.3 Å². The van der Waals surface area contributed by atoms with Gasteiger partial charge >= 0.3 is 0 Å². The number of aromatic nitrogens is 2. The maximum absolute atomic E-state index is 5.55. The van der Waals surface area contributed by atoms with Crippen molar-refractivity contribution in [2.75, 3.05) is 6.54 Å². The van der Waals surface area contributed by atoms with Crippen molar-refractivity contribution < 1.29 is 8.94 Å². The third-order valence-corrected chi connectivity index (χ3v) is 4.21. The van der Waals surface area contributed by atoms with Crippen molar-refractivity contribution in [2.45, 2.75) is 57.4 Å². The van der Waals surface area contributed by atoms with E-state index in [1.165, 1.54) is 25.7 Å². The lowest BCUT2D eigenvalue weighted by molar-refractivity contribution is 0.304. The van der Waals surface area contributed by atoms with Crippen LogP contribution in [0.4, 0.5) is 0 Å². The topological polar surface area (TPSA) is 64.1 Å². The minimum atomic E-state index is 0.326. The van der Waals surface area contributed by atoms with E-state index in [9.17, 15) is 0 Å². The molecule has 2 aromatic rings. The highest BCUT2D eigenvalue weighted by Gasteiger charge is 2.29. The minimum absolute atomic E-state index is 0.326. The lowest BCUT2D eigenvalue weighted by Crippen LogP contribution is -2.35. The molecule has 1 saturated carbocycles. The van der Waals surface area contributed by atoms with Gasteiger partial charge in [0.2, 0.25) is 11.7 Å². The first kappa shape index (κ1) is 14.3. The summed E-state index contributed by atoms with van der Waals surface area (Å²) in [6.45, 7) is 3.24. The van der Waals surface area contributed by atoms with E-state index in [2.05, 4.69) is 22.4 Å². The maximum atomic E-state index is 5.55. The van der Waals surface area contributed by atoms with Crippen LogP contribution < -0.4 is 5.32 Å². The summed E-state index contributed by atoms with van der Waals surface area (Å²) in [5, 5.41) is 7.76. The Morgan fingerprint density at radius 1 is 1.29 bits per heavy atom. The smallest absolute Gasteiger partial charge is 0.231 e. The molecule has 5 heteroatoms. The van der Waals surface area contributed by atoms with Crippen LogP contribution in [0.15, 0.2) is 27.5 Å². The van der Waals surface area contributed by atoms with E-state index in [4.69, 9.17) is 8.94 Å². The molecule has 2 unspecified atom stereocenters. The molecule has 1 aliphatic carbocycles. The zero-order valence-electron chi connectivity index (χ0n) is 12.5. The first-order chi connectivity index (χ1) is 10.4. The Balaban J connectivity index is 1.78. The van der Waals surface area contributed by atoms with Gasteiger partial charge in [0.25, 0.3) is 0 Å². The van der Waals surface area contributed by atoms with Crippen molar-refractivity contribution in [2.24, 2.45) is 0 Å². The van der Waals surface area contributed by atoms with Gasteiger partial charge in [0.15, 0.2) is 0 Å². The van der Waals surface area contributed by atoms with Gasteiger partial charge in [0, 0.05) is 6.04 Å². The number of rotatable bonds is 5. The summed E-state index contributed by atoms with van der Waals surface area (Å²) in [5.74, 6) is 1.71. The molecule has 0 spiro atoms. The van der Waals surface area contributed by atoms with Crippen LogP contribution in [-0.2, 0) is 0 Å². The number of furan rings is 1. The Morgan fingerprint density at radius 2 is 2.19 bits per heavy atom. The fraction of sp³-hybridized carbons (Fsp3) is 0.625. The molecule has 3 rings (SSSR count). The van der Waals surface area contributed by atoms with Gasteiger partial charge in [-0.2, -0.15) is 4.98 Å². The summed E-state index contributed by atoms with van der Waals surface area (Å²) >= 11 is 0. The molecule has 21 heavy (non-hydrogen) atoms. The second-order valence-electron chi connectivity index (χ2n) is 5.77. The average Bonchev–Trinajstić information content (AvgIpc) is 3.13. The van der Waals surface area contributed by atoms with E-state index < -0.39 is 0 Å². The Kier molecular flexibility index (Phi) is 4.70. The Hall–Kier alpha value is -1.62. The van der Waals surface area contributed by atoms with Crippen LogP contribution in [0.2, 0.25) is 0 Å². The highest BCUT2D eigenvalue weighted by atomic mass is 16.5. The molecular formula is C16H23N3O2. The van der Waals surface area contributed by atoms with E-state index >= 15 is 0 Å². The number of nitrogens with zero attached hydrogens (tertiary/aromatic N) is 2. The molecule has 114 valence electrons. The number of hydrogen-bond donors (Lipinski definition) is 1. The average molecular weight is 289 g/mol. The molecule has 2 aromatic heterocycles. The van der Waals surface area contributed by atoms with Crippen LogP contribution in [0.1, 0.15) is 57.3 Å². The van der Waals surface area contributed by atoms with Gasteiger partial charge in [-0.25, -0.2) is 0 Å². The second-order valence-corrected chi connectivity index (χ2v) is 5.77. The van der Waals surface area contributed by atoms with E-state index in [0.29, 0.717) is 17.8 Å². The molecule has 0 amide bonds. The first-order valence-electron chi connectivity index (χ1n) is 7.98. The number of hydrogen-bond acceptors (Lipinski definition) is 5.